The van der Waals surface area contributed by atoms with Crippen LogP contribution in [0.3, 0.4) is 0 Å². The number of aromatic nitrogens is 5. The van der Waals surface area contributed by atoms with Crippen LogP contribution < -0.4 is 4.74 Å². The predicted molar refractivity (Wildman–Crippen MR) is 119 cm³/mol. The molecule has 10 heteroatoms. The van der Waals surface area contributed by atoms with Crippen LogP contribution in [0, 0.1) is 5.82 Å². The van der Waals surface area contributed by atoms with Gasteiger partial charge in [-0.3, -0.25) is 4.57 Å². The molecule has 0 radical (unpaired) electrons. The largest absolute Gasteiger partial charge is 0.497 e. The average Bonchev–Trinajstić information content (AvgIpc) is 3.60. The van der Waals surface area contributed by atoms with E-state index in [2.05, 4.69) is 20.3 Å². The predicted octanol–water partition coefficient (Wildman–Crippen LogP) is 5.08. The van der Waals surface area contributed by atoms with E-state index in [1.54, 1.807) is 25.5 Å². The lowest BCUT2D eigenvalue weighted by atomic mass is 10.2. The average molecular weight is 463 g/mol. The minimum Gasteiger partial charge on any atom is -0.497 e. The SMILES string of the molecule is COc1cccc(-c2nnc(SCc3noc(-c4ccc(F)cc4)n3)n2Cc2ccco2)c1. The third kappa shape index (κ3) is 4.65. The van der Waals surface area contributed by atoms with Gasteiger partial charge in [0.2, 0.25) is 0 Å². The van der Waals surface area contributed by atoms with Crippen molar-refractivity contribution >= 4 is 11.8 Å². The molecule has 0 amide bonds. The zero-order chi connectivity index (χ0) is 22.6. The van der Waals surface area contributed by atoms with E-state index >= 15 is 0 Å². The van der Waals surface area contributed by atoms with Crippen molar-refractivity contribution < 1.29 is 18.1 Å². The Morgan fingerprint density at radius 1 is 1.03 bits per heavy atom. The summed E-state index contributed by atoms with van der Waals surface area (Å²) in [5, 5.41) is 13.5. The maximum atomic E-state index is 13.2. The summed E-state index contributed by atoms with van der Waals surface area (Å²) in [6, 6.07) is 17.3. The van der Waals surface area contributed by atoms with Crippen LogP contribution in [0.4, 0.5) is 4.39 Å². The molecule has 3 heterocycles. The van der Waals surface area contributed by atoms with Gasteiger partial charge in [0.1, 0.15) is 17.3 Å². The molecule has 8 nitrogen and oxygen atoms in total. The summed E-state index contributed by atoms with van der Waals surface area (Å²) in [5.41, 5.74) is 1.53. The number of methoxy groups -OCH3 is 1. The number of halogens is 1. The zero-order valence-corrected chi connectivity index (χ0v) is 18.3. The molecule has 0 atom stereocenters. The van der Waals surface area contributed by atoms with Gasteiger partial charge in [-0.05, 0) is 48.5 Å². The Bertz CT molecular complexity index is 1350. The smallest absolute Gasteiger partial charge is 0.257 e. The highest BCUT2D eigenvalue weighted by Gasteiger charge is 2.18. The van der Waals surface area contributed by atoms with Crippen molar-refractivity contribution in [2.24, 2.45) is 0 Å². The summed E-state index contributed by atoms with van der Waals surface area (Å²) in [6.07, 6.45) is 1.63. The van der Waals surface area contributed by atoms with Crippen LogP contribution in [-0.4, -0.2) is 32.0 Å². The number of rotatable bonds is 8. The van der Waals surface area contributed by atoms with Crippen molar-refractivity contribution in [1.29, 1.82) is 0 Å². The Balaban J connectivity index is 1.40. The van der Waals surface area contributed by atoms with E-state index in [-0.39, 0.29) is 5.82 Å². The maximum absolute atomic E-state index is 13.2. The van der Waals surface area contributed by atoms with Gasteiger partial charge in [0.15, 0.2) is 16.8 Å². The summed E-state index contributed by atoms with van der Waals surface area (Å²) in [4.78, 5) is 4.40. The first-order chi connectivity index (χ1) is 16.2. The Kier molecular flexibility index (Phi) is 5.90. The second-order valence-corrected chi connectivity index (χ2v) is 7.96. The molecule has 0 bridgehead atoms. The van der Waals surface area contributed by atoms with Gasteiger partial charge >= 0.3 is 0 Å². The maximum Gasteiger partial charge on any atom is 0.257 e. The molecule has 2 aromatic carbocycles. The lowest BCUT2D eigenvalue weighted by Crippen LogP contribution is -2.03. The van der Waals surface area contributed by atoms with E-state index in [1.807, 2.05) is 41.0 Å². The van der Waals surface area contributed by atoms with Crippen LogP contribution in [0.5, 0.6) is 5.75 Å². The highest BCUT2D eigenvalue weighted by molar-refractivity contribution is 7.98. The van der Waals surface area contributed by atoms with Gasteiger partial charge in [-0.25, -0.2) is 4.39 Å². The number of hydrogen-bond donors (Lipinski definition) is 0. The van der Waals surface area contributed by atoms with Crippen molar-refractivity contribution in [1.82, 2.24) is 24.9 Å². The topological polar surface area (TPSA) is 92.0 Å². The highest BCUT2D eigenvalue weighted by atomic mass is 32.2. The first kappa shape index (κ1) is 21.0. The van der Waals surface area contributed by atoms with Gasteiger partial charge in [0.25, 0.3) is 5.89 Å². The number of hydrogen-bond acceptors (Lipinski definition) is 8. The second-order valence-electron chi connectivity index (χ2n) is 7.01. The van der Waals surface area contributed by atoms with Crippen molar-refractivity contribution in [3.8, 4) is 28.6 Å². The van der Waals surface area contributed by atoms with Crippen molar-refractivity contribution in [2.45, 2.75) is 17.5 Å². The van der Waals surface area contributed by atoms with E-state index in [0.717, 1.165) is 17.1 Å². The molecule has 0 spiro atoms. The van der Waals surface area contributed by atoms with Gasteiger partial charge in [-0.1, -0.05) is 29.1 Å². The van der Waals surface area contributed by atoms with E-state index in [0.29, 0.717) is 40.6 Å². The number of furan rings is 1. The van der Waals surface area contributed by atoms with Gasteiger partial charge in [0, 0.05) is 11.1 Å². The normalized spacial score (nSPS) is 11.1. The molecule has 0 saturated heterocycles. The van der Waals surface area contributed by atoms with E-state index in [1.165, 1.54) is 23.9 Å². The summed E-state index contributed by atoms with van der Waals surface area (Å²) >= 11 is 1.43. The van der Waals surface area contributed by atoms with Crippen LogP contribution in [0.15, 0.2) is 81.0 Å². The number of nitrogens with zero attached hydrogens (tertiary/aromatic N) is 5. The first-order valence-corrected chi connectivity index (χ1v) is 11.0. The monoisotopic (exact) mass is 463 g/mol. The van der Waals surface area contributed by atoms with E-state index < -0.39 is 0 Å². The minimum atomic E-state index is -0.322. The quantitative estimate of drug-likeness (QED) is 0.294. The Morgan fingerprint density at radius 3 is 2.70 bits per heavy atom. The second kappa shape index (κ2) is 9.29. The first-order valence-electron chi connectivity index (χ1n) is 10.0. The third-order valence-corrected chi connectivity index (χ3v) is 5.79. The molecule has 5 rings (SSSR count). The van der Waals surface area contributed by atoms with Crippen LogP contribution in [-0.2, 0) is 12.3 Å². The molecular formula is C23H18FN5O3S. The third-order valence-electron chi connectivity index (χ3n) is 4.83. The standard InChI is InChI=1S/C23H18FN5O3S/c1-30-18-5-2-4-16(12-18)21-26-27-23(29(21)13-19-6-3-11-31-19)33-14-20-25-22(32-28-20)15-7-9-17(24)10-8-15/h2-12H,13-14H2,1H3. The van der Waals surface area contributed by atoms with Crippen LogP contribution >= 0.6 is 11.8 Å². The Morgan fingerprint density at radius 2 is 1.91 bits per heavy atom. The minimum absolute atomic E-state index is 0.322. The summed E-state index contributed by atoms with van der Waals surface area (Å²) in [6.45, 7) is 0.460. The number of ether oxygens (including phenoxy) is 1. The van der Waals surface area contributed by atoms with Crippen LogP contribution in [0.1, 0.15) is 11.6 Å². The van der Waals surface area contributed by atoms with Crippen molar-refractivity contribution in [3.63, 3.8) is 0 Å². The van der Waals surface area contributed by atoms with E-state index in [9.17, 15) is 4.39 Å². The summed E-state index contributed by atoms with van der Waals surface area (Å²) in [7, 11) is 1.62. The Labute approximate surface area is 192 Å². The molecule has 0 aliphatic heterocycles. The fourth-order valence-electron chi connectivity index (χ4n) is 3.22. The van der Waals surface area contributed by atoms with Gasteiger partial charge in [-0.15, -0.1) is 10.2 Å². The molecule has 0 unspecified atom stereocenters. The number of benzene rings is 2. The highest BCUT2D eigenvalue weighted by Crippen LogP contribution is 2.29. The molecule has 5 aromatic rings. The fourth-order valence-corrected chi connectivity index (χ4v) is 4.00. The molecule has 0 saturated carbocycles. The zero-order valence-electron chi connectivity index (χ0n) is 17.5. The molecule has 0 fully saturated rings. The van der Waals surface area contributed by atoms with Crippen molar-refractivity contribution in [3.05, 3.63) is 84.3 Å². The molecule has 166 valence electrons. The fraction of sp³-hybridized carbons (Fsp3) is 0.130. The molecular weight excluding hydrogens is 445 g/mol. The van der Waals surface area contributed by atoms with Crippen molar-refractivity contribution in [2.75, 3.05) is 7.11 Å². The lowest BCUT2D eigenvalue weighted by molar-refractivity contribution is 0.415. The van der Waals surface area contributed by atoms with Gasteiger partial charge in [0.05, 0.1) is 25.7 Å². The van der Waals surface area contributed by atoms with Crippen LogP contribution in [0.2, 0.25) is 0 Å². The summed E-state index contributed by atoms with van der Waals surface area (Å²) < 4.78 is 31.3. The Hall–Kier alpha value is -3.92. The molecule has 0 aliphatic carbocycles. The van der Waals surface area contributed by atoms with Gasteiger partial charge in [-0.2, -0.15) is 4.98 Å². The van der Waals surface area contributed by atoms with Crippen LogP contribution in [0.25, 0.3) is 22.8 Å². The number of thioether (sulfide) groups is 1. The van der Waals surface area contributed by atoms with Gasteiger partial charge < -0.3 is 13.7 Å². The molecule has 3 aromatic heterocycles. The van der Waals surface area contributed by atoms with E-state index in [4.69, 9.17) is 13.7 Å². The molecule has 0 N–H and O–H groups in total. The molecule has 33 heavy (non-hydrogen) atoms. The molecule has 0 aliphatic rings. The summed E-state index contributed by atoms with van der Waals surface area (Å²) in [5.74, 6) is 3.12. The lowest BCUT2D eigenvalue weighted by Gasteiger charge is -2.09.